The summed E-state index contributed by atoms with van der Waals surface area (Å²) in [6.07, 6.45) is 11.3. The summed E-state index contributed by atoms with van der Waals surface area (Å²) in [6, 6.07) is 14.1. The number of nitrogens with one attached hydrogen (secondary N) is 1. The van der Waals surface area contributed by atoms with E-state index < -0.39 is 12.0 Å². The van der Waals surface area contributed by atoms with E-state index in [0.717, 1.165) is 42.1 Å². The number of nitrogens with zero attached hydrogens (tertiary/aromatic N) is 1. The molecule has 0 bridgehead atoms. The first-order chi connectivity index (χ1) is 16.0. The molecule has 1 atom stereocenters. The molecule has 0 saturated carbocycles. The van der Waals surface area contributed by atoms with Crippen LogP contribution < -0.4 is 5.32 Å². The van der Waals surface area contributed by atoms with Crippen LogP contribution in [0, 0.1) is 6.92 Å². The largest absolute Gasteiger partial charge is 0.480 e. The lowest BCUT2D eigenvalue weighted by molar-refractivity contribution is -0.137. The van der Waals surface area contributed by atoms with Crippen LogP contribution in [0.25, 0.3) is 11.1 Å². The molecule has 33 heavy (non-hydrogen) atoms. The predicted molar refractivity (Wildman–Crippen MR) is 142 cm³/mol. The highest BCUT2D eigenvalue weighted by atomic mass is 32.2. The molecule has 178 valence electrons. The van der Waals surface area contributed by atoms with Crippen molar-refractivity contribution in [2.45, 2.75) is 58.0 Å². The van der Waals surface area contributed by atoms with Crippen molar-refractivity contribution >= 4 is 23.4 Å². The molecular weight excluding hydrogens is 428 g/mol. The van der Waals surface area contributed by atoms with Crippen molar-refractivity contribution in [2.75, 3.05) is 30.9 Å². The molecule has 2 aromatic rings. The first-order valence-electron chi connectivity index (χ1n) is 12.0. The molecule has 0 fully saturated rings. The summed E-state index contributed by atoms with van der Waals surface area (Å²) in [7, 11) is 2.19. The Morgan fingerprint density at radius 2 is 2.00 bits per heavy atom. The molecule has 3 rings (SSSR count). The molecule has 1 aliphatic carbocycles. The van der Waals surface area contributed by atoms with Crippen LogP contribution in [-0.2, 0) is 11.3 Å². The summed E-state index contributed by atoms with van der Waals surface area (Å²) >= 11 is 1.67. The first kappa shape index (κ1) is 25.4. The van der Waals surface area contributed by atoms with E-state index in [-0.39, 0.29) is 0 Å². The molecule has 5 heteroatoms. The van der Waals surface area contributed by atoms with Crippen LogP contribution in [0.2, 0.25) is 0 Å². The number of carboxylic acids is 1. The van der Waals surface area contributed by atoms with Gasteiger partial charge in [-0.3, -0.25) is 0 Å². The molecule has 2 N–H and O–H groups in total. The van der Waals surface area contributed by atoms with E-state index in [1.165, 1.54) is 36.8 Å². The minimum atomic E-state index is -0.805. The van der Waals surface area contributed by atoms with Gasteiger partial charge < -0.3 is 15.3 Å². The topological polar surface area (TPSA) is 52.6 Å². The van der Waals surface area contributed by atoms with Crippen LogP contribution in [0.3, 0.4) is 0 Å². The van der Waals surface area contributed by atoms with Gasteiger partial charge in [-0.05, 0) is 93.3 Å². The average molecular weight is 467 g/mol. The van der Waals surface area contributed by atoms with Gasteiger partial charge in [-0.15, -0.1) is 0 Å². The second-order valence-electron chi connectivity index (χ2n) is 9.11. The van der Waals surface area contributed by atoms with Gasteiger partial charge in [0.25, 0.3) is 0 Å². The predicted octanol–water partition coefficient (Wildman–Crippen LogP) is 6.60. The Morgan fingerprint density at radius 3 is 2.70 bits per heavy atom. The van der Waals surface area contributed by atoms with Gasteiger partial charge in [-0.25, -0.2) is 4.79 Å². The molecule has 0 radical (unpaired) electrons. The molecule has 1 aliphatic rings. The summed E-state index contributed by atoms with van der Waals surface area (Å²) < 4.78 is 0. The van der Waals surface area contributed by atoms with Crippen molar-refractivity contribution in [3.8, 4) is 11.1 Å². The maximum atomic E-state index is 11.9. The number of hydrogen-bond acceptors (Lipinski definition) is 4. The van der Waals surface area contributed by atoms with Gasteiger partial charge in [-0.1, -0.05) is 42.0 Å². The molecule has 0 saturated heterocycles. The zero-order valence-electron chi connectivity index (χ0n) is 20.3. The van der Waals surface area contributed by atoms with Gasteiger partial charge in [0.05, 0.1) is 0 Å². The molecule has 4 nitrogen and oxygen atoms in total. The maximum Gasteiger partial charge on any atom is 0.326 e. The zero-order chi connectivity index (χ0) is 23.6. The van der Waals surface area contributed by atoms with E-state index in [1.807, 2.05) is 18.4 Å². The summed E-state index contributed by atoms with van der Waals surface area (Å²) in [5.74, 6) is 0.00352. The van der Waals surface area contributed by atoms with Crippen LogP contribution >= 0.6 is 11.8 Å². The van der Waals surface area contributed by atoms with Gasteiger partial charge in [0.2, 0.25) is 0 Å². The number of benzene rings is 2. The number of rotatable bonds is 12. The standard InChI is InChI=1S/C28H38N2O2S/c1-21-9-7-8-12-24(21)25-19-23(20-30(2)17-15-22-10-5-4-6-11-22)13-14-26(25)29-27(28(31)32)16-18-33-3/h7-10,12-14,19,27,29H,4-6,11,15-18,20H2,1-3H3,(H,31,32)/t27-/m0/s1. The SMILES string of the molecule is CSCC[C@H](Nc1ccc(CN(C)CCC2=CCCCC2)cc1-c1ccccc1C)C(=O)O. The number of aryl methyl sites for hydroxylation is 1. The third-order valence-corrected chi connectivity index (χ3v) is 7.05. The normalized spacial score (nSPS) is 14.7. The molecule has 0 amide bonds. The fourth-order valence-electron chi connectivity index (χ4n) is 4.45. The highest BCUT2D eigenvalue weighted by molar-refractivity contribution is 7.98. The number of carboxylic acid groups (broad SMARTS) is 1. The summed E-state index contributed by atoms with van der Waals surface area (Å²) in [6.45, 7) is 4.04. The molecule has 0 spiro atoms. The van der Waals surface area contributed by atoms with Crippen molar-refractivity contribution in [1.82, 2.24) is 4.90 Å². The van der Waals surface area contributed by atoms with Gasteiger partial charge in [0, 0.05) is 24.3 Å². The molecule has 0 aliphatic heterocycles. The zero-order valence-corrected chi connectivity index (χ0v) is 21.1. The number of allylic oxidation sites excluding steroid dienone is 1. The second-order valence-corrected chi connectivity index (χ2v) is 10.1. The molecule has 0 heterocycles. The van der Waals surface area contributed by atoms with Crippen LogP contribution in [0.1, 0.15) is 49.7 Å². The Bertz CT molecular complexity index is 957. The molecule has 2 aromatic carbocycles. The molecular formula is C28H38N2O2S. The highest BCUT2D eigenvalue weighted by Crippen LogP contribution is 2.33. The maximum absolute atomic E-state index is 11.9. The lowest BCUT2D eigenvalue weighted by Gasteiger charge is -2.22. The quantitative estimate of drug-likeness (QED) is 0.345. The van der Waals surface area contributed by atoms with Crippen LogP contribution in [-0.4, -0.2) is 47.6 Å². The Labute approximate surface area is 203 Å². The number of carbonyl (C=O) groups is 1. The van der Waals surface area contributed by atoms with Crippen molar-refractivity contribution in [1.29, 1.82) is 0 Å². The van der Waals surface area contributed by atoms with Crippen molar-refractivity contribution in [3.63, 3.8) is 0 Å². The third kappa shape index (κ3) is 7.65. The lowest BCUT2D eigenvalue weighted by Crippen LogP contribution is -2.30. The van der Waals surface area contributed by atoms with E-state index >= 15 is 0 Å². The van der Waals surface area contributed by atoms with Gasteiger partial charge >= 0.3 is 5.97 Å². The number of hydrogen-bond donors (Lipinski definition) is 2. The average Bonchev–Trinajstić information content (AvgIpc) is 2.82. The third-order valence-electron chi connectivity index (χ3n) is 6.41. The summed E-state index contributed by atoms with van der Waals surface area (Å²) in [5, 5.41) is 13.1. The summed E-state index contributed by atoms with van der Waals surface area (Å²) in [5.41, 5.74) is 7.14. The number of aliphatic carboxylic acids is 1. The Balaban J connectivity index is 1.80. The van der Waals surface area contributed by atoms with Crippen molar-refractivity contribution < 1.29 is 9.90 Å². The second kappa shape index (κ2) is 12.9. The lowest BCUT2D eigenvalue weighted by atomic mass is 9.96. The number of anilines is 1. The monoisotopic (exact) mass is 466 g/mol. The van der Waals surface area contributed by atoms with E-state index in [4.69, 9.17) is 0 Å². The van der Waals surface area contributed by atoms with E-state index in [9.17, 15) is 9.90 Å². The van der Waals surface area contributed by atoms with E-state index in [2.05, 4.69) is 60.6 Å². The van der Waals surface area contributed by atoms with Crippen molar-refractivity contribution in [2.24, 2.45) is 0 Å². The van der Waals surface area contributed by atoms with Crippen LogP contribution in [0.4, 0.5) is 5.69 Å². The Hall–Kier alpha value is -2.24. The molecule has 0 aromatic heterocycles. The Kier molecular flexibility index (Phi) is 9.89. The fraction of sp³-hybridized carbons (Fsp3) is 0.464. The van der Waals surface area contributed by atoms with Crippen molar-refractivity contribution in [3.05, 3.63) is 65.2 Å². The Morgan fingerprint density at radius 1 is 1.18 bits per heavy atom. The van der Waals surface area contributed by atoms with Crippen LogP contribution in [0.5, 0.6) is 0 Å². The first-order valence-corrected chi connectivity index (χ1v) is 13.4. The van der Waals surface area contributed by atoms with E-state index in [1.54, 1.807) is 17.3 Å². The summed E-state index contributed by atoms with van der Waals surface area (Å²) in [4.78, 5) is 14.2. The van der Waals surface area contributed by atoms with Gasteiger partial charge in [0.15, 0.2) is 0 Å². The molecule has 0 unspecified atom stereocenters. The highest BCUT2D eigenvalue weighted by Gasteiger charge is 2.19. The minimum absolute atomic E-state index is 0.587. The van der Waals surface area contributed by atoms with Crippen LogP contribution in [0.15, 0.2) is 54.1 Å². The minimum Gasteiger partial charge on any atom is -0.480 e. The van der Waals surface area contributed by atoms with Gasteiger partial charge in [0.1, 0.15) is 6.04 Å². The van der Waals surface area contributed by atoms with Gasteiger partial charge in [-0.2, -0.15) is 11.8 Å². The number of thioether (sulfide) groups is 1. The smallest absolute Gasteiger partial charge is 0.326 e. The van der Waals surface area contributed by atoms with E-state index in [0.29, 0.717) is 6.42 Å². The fourth-order valence-corrected chi connectivity index (χ4v) is 4.92.